The lowest BCUT2D eigenvalue weighted by atomic mass is 10.1. The molecule has 1 aromatic carbocycles. The predicted octanol–water partition coefficient (Wildman–Crippen LogP) is 2.15. The molecule has 0 radical (unpaired) electrons. The molecular formula is C14H16FN3O2. The van der Waals surface area contributed by atoms with Gasteiger partial charge in [-0.1, -0.05) is 12.1 Å². The van der Waals surface area contributed by atoms with E-state index in [1.54, 1.807) is 30.5 Å². The molecule has 1 heterocycles. The Bertz CT molecular complexity index is 593. The number of hydrogen-bond donors (Lipinski definition) is 0. The highest BCUT2D eigenvalue weighted by Crippen LogP contribution is 2.08. The molecule has 5 nitrogen and oxygen atoms in total. The summed E-state index contributed by atoms with van der Waals surface area (Å²) in [5.74, 6) is 0.107. The van der Waals surface area contributed by atoms with Crippen LogP contribution in [0.3, 0.4) is 0 Å². The van der Waals surface area contributed by atoms with Crippen LogP contribution in [0.1, 0.15) is 28.9 Å². The van der Waals surface area contributed by atoms with Crippen LogP contribution in [0.25, 0.3) is 0 Å². The zero-order valence-electron chi connectivity index (χ0n) is 11.5. The number of nitrogens with zero attached hydrogens (tertiary/aromatic N) is 3. The van der Waals surface area contributed by atoms with Gasteiger partial charge in [-0.15, -0.1) is 10.2 Å². The topological polar surface area (TPSA) is 57.0 Å². The van der Waals surface area contributed by atoms with Crippen molar-refractivity contribution in [2.45, 2.75) is 26.8 Å². The second-order valence-electron chi connectivity index (χ2n) is 4.32. The summed E-state index contributed by atoms with van der Waals surface area (Å²) in [6.45, 7) is 4.35. The lowest BCUT2D eigenvalue weighted by Gasteiger charge is -2.08. The Kier molecular flexibility index (Phi) is 4.45. The predicted molar refractivity (Wildman–Crippen MR) is 70.8 cm³/mol. The Hall–Kier alpha value is -2.24. The van der Waals surface area contributed by atoms with E-state index in [-0.39, 0.29) is 11.6 Å². The van der Waals surface area contributed by atoms with Crippen LogP contribution in [-0.2, 0) is 17.7 Å². The lowest BCUT2D eigenvalue weighted by Crippen LogP contribution is -2.15. The average molecular weight is 277 g/mol. The number of esters is 1. The van der Waals surface area contributed by atoms with E-state index >= 15 is 0 Å². The zero-order valence-corrected chi connectivity index (χ0v) is 11.5. The number of carbonyl (C=O) groups is 1. The Morgan fingerprint density at radius 1 is 1.30 bits per heavy atom. The number of benzene rings is 1. The normalized spacial score (nSPS) is 10.6. The Morgan fingerprint density at radius 2 is 2.00 bits per heavy atom. The first-order valence-electron chi connectivity index (χ1n) is 6.43. The van der Waals surface area contributed by atoms with Gasteiger partial charge in [-0.05, 0) is 38.0 Å². The van der Waals surface area contributed by atoms with Crippen molar-refractivity contribution in [1.29, 1.82) is 0 Å². The van der Waals surface area contributed by atoms with Crippen molar-refractivity contribution in [3.63, 3.8) is 0 Å². The minimum Gasteiger partial charge on any atom is -0.460 e. The highest BCUT2D eigenvalue weighted by molar-refractivity contribution is 5.85. The maximum absolute atomic E-state index is 12.8. The molecule has 0 amide bonds. The lowest BCUT2D eigenvalue weighted by molar-refractivity contribution is 0.0505. The Balaban J connectivity index is 2.11. The molecule has 1 aromatic heterocycles. The van der Waals surface area contributed by atoms with Gasteiger partial charge in [0.15, 0.2) is 0 Å². The Labute approximate surface area is 116 Å². The van der Waals surface area contributed by atoms with Crippen molar-refractivity contribution in [2.24, 2.45) is 0 Å². The highest BCUT2D eigenvalue weighted by Gasteiger charge is 2.17. The molecule has 2 aromatic rings. The number of aryl methyl sites for hydroxylation is 2. The fraction of sp³-hybridized carbons (Fsp3) is 0.357. The van der Waals surface area contributed by atoms with Gasteiger partial charge in [0.25, 0.3) is 0 Å². The van der Waals surface area contributed by atoms with E-state index in [1.165, 1.54) is 12.1 Å². The molecule has 0 bridgehead atoms. The monoisotopic (exact) mass is 277 g/mol. The molecular weight excluding hydrogens is 261 g/mol. The van der Waals surface area contributed by atoms with Crippen molar-refractivity contribution < 1.29 is 13.9 Å². The first kappa shape index (κ1) is 14.2. The summed E-state index contributed by atoms with van der Waals surface area (Å²) in [6.07, 6.45) is 0.658. The van der Waals surface area contributed by atoms with Crippen molar-refractivity contribution in [1.82, 2.24) is 14.8 Å². The van der Waals surface area contributed by atoms with Crippen LogP contribution in [0, 0.1) is 12.7 Å². The molecule has 0 fully saturated rings. The average Bonchev–Trinajstić information content (AvgIpc) is 2.80. The zero-order chi connectivity index (χ0) is 14.5. The van der Waals surface area contributed by atoms with Gasteiger partial charge >= 0.3 is 5.97 Å². The molecule has 106 valence electrons. The van der Waals surface area contributed by atoms with E-state index < -0.39 is 5.97 Å². The summed E-state index contributed by atoms with van der Waals surface area (Å²) < 4.78 is 19.5. The van der Waals surface area contributed by atoms with Crippen LogP contribution in [0.15, 0.2) is 24.3 Å². The minimum atomic E-state index is -0.479. The van der Waals surface area contributed by atoms with Gasteiger partial charge in [0, 0.05) is 6.54 Å². The molecule has 0 saturated heterocycles. The molecule has 0 aliphatic rings. The molecule has 0 saturated carbocycles. The van der Waals surface area contributed by atoms with E-state index in [0.29, 0.717) is 25.4 Å². The third-order valence-corrected chi connectivity index (χ3v) is 2.93. The summed E-state index contributed by atoms with van der Waals surface area (Å²) in [4.78, 5) is 11.7. The molecule has 0 N–H and O–H groups in total. The molecule has 20 heavy (non-hydrogen) atoms. The van der Waals surface area contributed by atoms with Gasteiger partial charge in [0.2, 0.25) is 5.82 Å². The van der Waals surface area contributed by atoms with Gasteiger partial charge in [0.05, 0.1) is 6.61 Å². The van der Waals surface area contributed by atoms with Crippen LogP contribution < -0.4 is 0 Å². The highest BCUT2D eigenvalue weighted by atomic mass is 19.1. The van der Waals surface area contributed by atoms with E-state index in [4.69, 9.17) is 4.74 Å². The van der Waals surface area contributed by atoms with Gasteiger partial charge < -0.3 is 9.30 Å². The maximum Gasteiger partial charge on any atom is 0.376 e. The fourth-order valence-electron chi connectivity index (χ4n) is 1.89. The third-order valence-electron chi connectivity index (χ3n) is 2.93. The number of carbonyl (C=O) groups excluding carboxylic acids is 1. The number of aromatic nitrogens is 3. The third kappa shape index (κ3) is 3.20. The second-order valence-corrected chi connectivity index (χ2v) is 4.32. The van der Waals surface area contributed by atoms with Crippen LogP contribution in [-0.4, -0.2) is 27.3 Å². The second kappa shape index (κ2) is 6.27. The molecule has 0 unspecified atom stereocenters. The Morgan fingerprint density at radius 3 is 2.65 bits per heavy atom. The van der Waals surface area contributed by atoms with Gasteiger partial charge in [-0.25, -0.2) is 9.18 Å². The van der Waals surface area contributed by atoms with E-state index in [0.717, 1.165) is 5.56 Å². The summed E-state index contributed by atoms with van der Waals surface area (Å²) in [5, 5.41) is 7.74. The molecule has 0 spiro atoms. The number of halogens is 1. The smallest absolute Gasteiger partial charge is 0.376 e. The first-order valence-corrected chi connectivity index (χ1v) is 6.43. The molecule has 0 aliphatic heterocycles. The van der Waals surface area contributed by atoms with E-state index in [9.17, 15) is 9.18 Å². The molecule has 6 heteroatoms. The van der Waals surface area contributed by atoms with Crippen molar-refractivity contribution >= 4 is 5.97 Å². The van der Waals surface area contributed by atoms with Gasteiger partial charge in [-0.3, -0.25) is 0 Å². The van der Waals surface area contributed by atoms with Crippen molar-refractivity contribution in [3.05, 3.63) is 47.3 Å². The van der Waals surface area contributed by atoms with E-state index in [1.807, 2.05) is 0 Å². The van der Waals surface area contributed by atoms with Crippen molar-refractivity contribution in [3.8, 4) is 0 Å². The molecule has 0 aliphatic carbocycles. The number of rotatable bonds is 5. The van der Waals surface area contributed by atoms with Gasteiger partial charge in [0.1, 0.15) is 11.6 Å². The molecule has 0 atom stereocenters. The van der Waals surface area contributed by atoms with E-state index in [2.05, 4.69) is 10.2 Å². The number of hydrogen-bond acceptors (Lipinski definition) is 4. The fourth-order valence-corrected chi connectivity index (χ4v) is 1.89. The minimum absolute atomic E-state index is 0.200. The summed E-state index contributed by atoms with van der Waals surface area (Å²) >= 11 is 0. The summed E-state index contributed by atoms with van der Waals surface area (Å²) in [5.41, 5.74) is 0.981. The number of ether oxygens (including phenoxy) is 1. The van der Waals surface area contributed by atoms with Crippen LogP contribution in [0.5, 0.6) is 0 Å². The molecule has 2 rings (SSSR count). The SMILES string of the molecule is CCOC(=O)c1nnc(C)n1CCc1ccc(F)cc1. The summed E-state index contributed by atoms with van der Waals surface area (Å²) in [6, 6.07) is 6.28. The van der Waals surface area contributed by atoms with Crippen molar-refractivity contribution in [2.75, 3.05) is 6.61 Å². The van der Waals surface area contributed by atoms with Gasteiger partial charge in [-0.2, -0.15) is 0 Å². The van der Waals surface area contributed by atoms with Crippen LogP contribution in [0.4, 0.5) is 4.39 Å². The first-order chi connectivity index (χ1) is 9.61. The largest absolute Gasteiger partial charge is 0.460 e. The maximum atomic E-state index is 12.8. The van der Waals surface area contributed by atoms with Crippen LogP contribution in [0.2, 0.25) is 0 Å². The van der Waals surface area contributed by atoms with Crippen LogP contribution >= 0.6 is 0 Å². The quantitative estimate of drug-likeness (QED) is 0.786. The standard InChI is InChI=1S/C14H16FN3O2/c1-3-20-14(19)13-17-16-10(2)18(13)9-8-11-4-6-12(15)7-5-11/h4-7H,3,8-9H2,1-2H3. The summed E-state index contributed by atoms with van der Waals surface area (Å²) in [7, 11) is 0.